The number of aromatic nitrogens is 4. The van der Waals surface area contributed by atoms with Crippen molar-refractivity contribution < 1.29 is 8.78 Å². The highest BCUT2D eigenvalue weighted by molar-refractivity contribution is 8.00. The fraction of sp³-hybridized carbons (Fsp3) is 0.312. The number of halogens is 2. The average Bonchev–Trinajstić information content (AvgIpc) is 3.37. The molecule has 0 atom stereocenters. The molecule has 7 rings (SSSR count). The van der Waals surface area contributed by atoms with Gasteiger partial charge in [0, 0.05) is 21.3 Å². The van der Waals surface area contributed by atoms with E-state index in [4.69, 9.17) is 0 Å². The minimum atomic E-state index is -0.242. The summed E-state index contributed by atoms with van der Waals surface area (Å²) in [6.07, 6.45) is 11.6. The molecule has 8 heteroatoms. The molecule has 1 fully saturated rings. The highest BCUT2D eigenvalue weighted by atomic mass is 32.2. The van der Waals surface area contributed by atoms with Gasteiger partial charge in [0.1, 0.15) is 34.3 Å². The molecule has 2 aromatic heterocycles. The van der Waals surface area contributed by atoms with Crippen molar-refractivity contribution in [1.82, 2.24) is 19.9 Å². The molecule has 0 saturated heterocycles. The molecule has 206 valence electrons. The first-order valence-electron chi connectivity index (χ1n) is 13.3. The minimum Gasteiger partial charge on any atom is -0.236 e. The Morgan fingerprint density at radius 3 is 1.62 bits per heavy atom. The molecule has 3 aromatic carbocycles. The lowest BCUT2D eigenvalue weighted by Gasteiger charge is -2.20. The molecule has 0 spiro atoms. The van der Waals surface area contributed by atoms with E-state index in [-0.39, 0.29) is 19.1 Å². The molecule has 4 nitrogen and oxygen atoms in total. The van der Waals surface area contributed by atoms with Crippen LogP contribution in [0.15, 0.2) is 83.4 Å². The highest BCUT2D eigenvalue weighted by Gasteiger charge is 2.23. The normalized spacial score (nSPS) is 15.3. The van der Waals surface area contributed by atoms with Gasteiger partial charge in [-0.3, -0.25) is 0 Å². The topological polar surface area (TPSA) is 51.6 Å². The third-order valence-electron chi connectivity index (χ3n) is 7.24. The van der Waals surface area contributed by atoms with Crippen LogP contribution in [0.4, 0.5) is 8.78 Å². The maximum absolute atomic E-state index is 13.5. The summed E-state index contributed by atoms with van der Waals surface area (Å²) >= 11 is 3.51. The summed E-state index contributed by atoms with van der Waals surface area (Å²) < 4.78 is 26.8. The second-order valence-electron chi connectivity index (χ2n) is 9.98. The summed E-state index contributed by atoms with van der Waals surface area (Å²) in [7, 11) is 0. The highest BCUT2D eigenvalue weighted by Crippen LogP contribution is 2.37. The third-order valence-corrected chi connectivity index (χ3v) is 9.81. The van der Waals surface area contributed by atoms with Crippen molar-refractivity contribution in [3.63, 3.8) is 0 Å². The van der Waals surface area contributed by atoms with Crippen LogP contribution in [0.2, 0.25) is 0 Å². The second-order valence-corrected chi connectivity index (χ2v) is 12.6. The lowest BCUT2D eigenvalue weighted by molar-refractivity contribution is 0.516. The Balaban J connectivity index is 0.000000159. The van der Waals surface area contributed by atoms with Crippen LogP contribution < -0.4 is 0 Å². The van der Waals surface area contributed by atoms with E-state index in [1.54, 1.807) is 54.4 Å². The van der Waals surface area contributed by atoms with Gasteiger partial charge in [0.2, 0.25) is 0 Å². The zero-order chi connectivity index (χ0) is 26.6. The number of benzene rings is 3. The first kappa shape index (κ1) is 28.4. The van der Waals surface area contributed by atoms with Gasteiger partial charge in [-0.05, 0) is 73.2 Å². The molecule has 40 heavy (non-hydrogen) atoms. The van der Waals surface area contributed by atoms with Gasteiger partial charge in [0.15, 0.2) is 0 Å². The minimum absolute atomic E-state index is 0. The van der Waals surface area contributed by atoms with Crippen LogP contribution in [0.1, 0.15) is 50.7 Å². The van der Waals surface area contributed by atoms with Crippen molar-refractivity contribution in [2.75, 3.05) is 0 Å². The van der Waals surface area contributed by atoms with Crippen molar-refractivity contribution in [2.24, 2.45) is 0 Å². The maximum atomic E-state index is 13.5. The first-order valence-corrected chi connectivity index (χ1v) is 15.1. The van der Waals surface area contributed by atoms with Crippen molar-refractivity contribution in [2.45, 2.75) is 72.9 Å². The molecule has 0 amide bonds. The predicted octanol–water partition coefficient (Wildman–Crippen LogP) is 8.86. The first-order chi connectivity index (χ1) is 19.1. The van der Waals surface area contributed by atoms with E-state index in [9.17, 15) is 8.78 Å². The van der Waals surface area contributed by atoms with E-state index in [1.807, 2.05) is 0 Å². The average molecular weight is 575 g/mol. The molecule has 0 bridgehead atoms. The van der Waals surface area contributed by atoms with E-state index in [0.717, 1.165) is 44.7 Å². The second kappa shape index (κ2) is 13.0. The monoisotopic (exact) mass is 574 g/mol. The van der Waals surface area contributed by atoms with Gasteiger partial charge in [-0.1, -0.05) is 51.0 Å². The van der Waals surface area contributed by atoms with Crippen molar-refractivity contribution in [3.05, 3.63) is 96.1 Å². The molecule has 2 aliphatic carbocycles. The number of thioether (sulfide) groups is 2. The van der Waals surface area contributed by atoms with E-state index in [1.165, 1.54) is 61.4 Å². The molecule has 2 heterocycles. The van der Waals surface area contributed by atoms with Crippen molar-refractivity contribution in [1.29, 1.82) is 0 Å². The molecule has 0 unspecified atom stereocenters. The van der Waals surface area contributed by atoms with Crippen LogP contribution in [0.3, 0.4) is 0 Å². The van der Waals surface area contributed by atoms with Crippen LogP contribution >= 0.6 is 23.5 Å². The van der Waals surface area contributed by atoms with Gasteiger partial charge in [0.25, 0.3) is 0 Å². The van der Waals surface area contributed by atoms with E-state index in [2.05, 4.69) is 44.2 Å². The fourth-order valence-electron chi connectivity index (χ4n) is 5.30. The molecule has 0 aliphatic heterocycles. The standard InChI is InChI=1S/C17H13FN2S.C14H15FN2S.CH4/c18-13-5-6-16-15(9-13)17(20-10-19-16)21-14-7-11-3-1-2-4-12(11)8-14;15-10-6-7-13-12(8-10)14(17-9-16-13)18-11-4-2-1-3-5-11;/h1-6,9-10,14H,7-8H2;6-9,11H,1-5H2;1H4. The summed E-state index contributed by atoms with van der Waals surface area (Å²) in [5, 5.41) is 4.53. The summed E-state index contributed by atoms with van der Waals surface area (Å²) in [5.41, 5.74) is 4.45. The quantitative estimate of drug-likeness (QED) is 0.200. The van der Waals surface area contributed by atoms with Crippen LogP contribution in [-0.4, -0.2) is 30.4 Å². The smallest absolute Gasteiger partial charge is 0.124 e. The van der Waals surface area contributed by atoms with Crippen LogP contribution in [0.25, 0.3) is 21.8 Å². The fourth-order valence-corrected chi connectivity index (χ4v) is 7.82. The zero-order valence-corrected chi connectivity index (χ0v) is 23.0. The number of fused-ring (bicyclic) bond motifs is 3. The Morgan fingerprint density at radius 2 is 1.10 bits per heavy atom. The third kappa shape index (κ3) is 6.61. The van der Waals surface area contributed by atoms with Gasteiger partial charge in [-0.25, -0.2) is 28.7 Å². The number of hydrogen-bond acceptors (Lipinski definition) is 6. The Bertz CT molecular complexity index is 1580. The van der Waals surface area contributed by atoms with Gasteiger partial charge < -0.3 is 0 Å². The van der Waals surface area contributed by atoms with Crippen LogP contribution in [0, 0.1) is 11.6 Å². The molecule has 0 radical (unpaired) electrons. The van der Waals surface area contributed by atoms with Gasteiger partial charge in [0.05, 0.1) is 11.0 Å². The summed E-state index contributed by atoms with van der Waals surface area (Å²) in [6.45, 7) is 0. The predicted molar refractivity (Wildman–Crippen MR) is 162 cm³/mol. The zero-order valence-electron chi connectivity index (χ0n) is 21.4. The SMILES string of the molecule is C.Fc1ccc2ncnc(SC3CCCCC3)c2c1.Fc1ccc2ncnc(SC3Cc4ccccc4C3)c2c1. The largest absolute Gasteiger partial charge is 0.236 e. The van der Waals surface area contributed by atoms with E-state index >= 15 is 0 Å². The van der Waals surface area contributed by atoms with Crippen molar-refractivity contribution in [3.8, 4) is 0 Å². The van der Waals surface area contributed by atoms with E-state index < -0.39 is 0 Å². The molecular weight excluding hydrogens is 543 g/mol. The molecule has 5 aromatic rings. The maximum Gasteiger partial charge on any atom is 0.124 e. The van der Waals surface area contributed by atoms with Crippen LogP contribution in [0.5, 0.6) is 0 Å². The lowest BCUT2D eigenvalue weighted by Crippen LogP contribution is -2.08. The summed E-state index contributed by atoms with van der Waals surface area (Å²) in [5.74, 6) is -0.461. The number of nitrogens with zero attached hydrogens (tertiary/aromatic N) is 4. The molecule has 1 saturated carbocycles. The molecular formula is C32H32F2N4S2. The van der Waals surface area contributed by atoms with Crippen LogP contribution in [-0.2, 0) is 12.8 Å². The molecule has 0 N–H and O–H groups in total. The summed E-state index contributed by atoms with van der Waals surface area (Å²) in [6, 6.07) is 17.9. The lowest BCUT2D eigenvalue weighted by atomic mass is 10.0. The molecule has 2 aliphatic rings. The van der Waals surface area contributed by atoms with Gasteiger partial charge in [-0.15, -0.1) is 23.5 Å². The van der Waals surface area contributed by atoms with E-state index in [0.29, 0.717) is 10.5 Å². The Hall–Kier alpha value is -3.10. The summed E-state index contributed by atoms with van der Waals surface area (Å²) in [4.78, 5) is 17.1. The van der Waals surface area contributed by atoms with Crippen molar-refractivity contribution >= 4 is 45.3 Å². The Kier molecular flexibility index (Phi) is 9.27. The number of rotatable bonds is 4. The Morgan fingerprint density at radius 1 is 0.600 bits per heavy atom. The van der Waals surface area contributed by atoms with Gasteiger partial charge >= 0.3 is 0 Å². The Labute approximate surface area is 242 Å². The number of hydrogen-bond donors (Lipinski definition) is 0. The van der Waals surface area contributed by atoms with Gasteiger partial charge in [-0.2, -0.15) is 0 Å².